The third kappa shape index (κ3) is 20.7. The summed E-state index contributed by atoms with van der Waals surface area (Å²) in [6.07, 6.45) is 18.7. The fraction of sp³-hybridized carbons (Fsp3) is 0.974. The number of amides is 1. The quantitative estimate of drug-likeness (QED) is 0.0432. The Kier molecular flexibility index (Phi) is 28.1. The second kappa shape index (κ2) is 29.8. The molecular formula is C38H75NO9. The summed E-state index contributed by atoms with van der Waals surface area (Å²) in [5.74, 6) is -0.585. The summed E-state index contributed by atoms with van der Waals surface area (Å²) in [6, 6.07) is -0.885. The van der Waals surface area contributed by atoms with Crippen molar-refractivity contribution in [3.63, 3.8) is 0 Å². The minimum absolute atomic E-state index is 0.251. The van der Waals surface area contributed by atoms with Crippen molar-refractivity contribution < 1.29 is 44.9 Å². The Morgan fingerprint density at radius 1 is 0.625 bits per heavy atom. The van der Waals surface area contributed by atoms with Gasteiger partial charge in [-0.05, 0) is 12.8 Å². The Labute approximate surface area is 292 Å². The lowest BCUT2D eigenvalue weighted by atomic mass is 9.99. The largest absolute Gasteiger partial charge is 0.394 e. The lowest BCUT2D eigenvalue weighted by Crippen LogP contribution is -2.60. The highest BCUT2D eigenvalue weighted by Crippen LogP contribution is 2.23. The first-order valence-corrected chi connectivity index (χ1v) is 19.8. The zero-order valence-corrected chi connectivity index (χ0v) is 30.6. The third-order valence-electron chi connectivity index (χ3n) is 9.82. The van der Waals surface area contributed by atoms with Gasteiger partial charge in [0, 0.05) is 0 Å². The van der Waals surface area contributed by atoms with Crippen LogP contribution in [0.4, 0.5) is 0 Å². The van der Waals surface area contributed by atoms with Crippen molar-refractivity contribution in [1.29, 1.82) is 0 Å². The molecule has 1 aliphatic heterocycles. The molecule has 286 valence electrons. The van der Waals surface area contributed by atoms with E-state index in [9.17, 15) is 35.4 Å². The number of carbonyl (C=O) groups is 1. The van der Waals surface area contributed by atoms with E-state index in [1.807, 2.05) is 0 Å². The number of carbonyl (C=O) groups excluding carboxylic acids is 1. The van der Waals surface area contributed by atoms with Crippen molar-refractivity contribution in [3.05, 3.63) is 0 Å². The first-order valence-electron chi connectivity index (χ1n) is 19.8. The number of aliphatic hydroxyl groups excluding tert-OH is 6. The Bertz CT molecular complexity index is 743. The number of hydrogen-bond donors (Lipinski definition) is 7. The van der Waals surface area contributed by atoms with Gasteiger partial charge < -0.3 is 45.4 Å². The Morgan fingerprint density at radius 2 is 1.04 bits per heavy atom. The molecule has 0 spiro atoms. The number of rotatable bonds is 32. The maximum Gasteiger partial charge on any atom is 0.249 e. The van der Waals surface area contributed by atoms with Gasteiger partial charge in [0.05, 0.1) is 25.4 Å². The molecule has 48 heavy (non-hydrogen) atoms. The molecule has 1 aliphatic rings. The van der Waals surface area contributed by atoms with Crippen molar-refractivity contribution in [2.24, 2.45) is 0 Å². The second-order valence-corrected chi connectivity index (χ2v) is 14.2. The van der Waals surface area contributed by atoms with E-state index < -0.39 is 61.5 Å². The van der Waals surface area contributed by atoms with Crippen LogP contribution in [-0.4, -0.2) is 98.7 Å². The van der Waals surface area contributed by atoms with Crippen LogP contribution in [0.5, 0.6) is 0 Å². The summed E-state index contributed by atoms with van der Waals surface area (Å²) in [5.41, 5.74) is 0. The van der Waals surface area contributed by atoms with E-state index in [0.717, 1.165) is 44.9 Å². The van der Waals surface area contributed by atoms with Crippen molar-refractivity contribution in [1.82, 2.24) is 5.32 Å². The first-order chi connectivity index (χ1) is 23.3. The normalized spacial score (nSPS) is 23.2. The molecule has 0 aromatic carbocycles. The van der Waals surface area contributed by atoms with E-state index in [2.05, 4.69) is 19.2 Å². The maximum absolute atomic E-state index is 12.9. The number of ether oxygens (including phenoxy) is 2. The molecule has 0 radical (unpaired) electrons. The first kappa shape index (κ1) is 45.2. The van der Waals surface area contributed by atoms with Gasteiger partial charge in [-0.25, -0.2) is 0 Å². The predicted molar refractivity (Wildman–Crippen MR) is 190 cm³/mol. The summed E-state index contributed by atoms with van der Waals surface area (Å²) in [5, 5.41) is 64.4. The van der Waals surface area contributed by atoms with Gasteiger partial charge in [0.1, 0.15) is 30.5 Å². The summed E-state index contributed by atoms with van der Waals surface area (Å²) in [6.45, 7) is 3.63. The van der Waals surface area contributed by atoms with Gasteiger partial charge in [-0.15, -0.1) is 0 Å². The van der Waals surface area contributed by atoms with Gasteiger partial charge >= 0.3 is 0 Å². The molecule has 8 unspecified atom stereocenters. The van der Waals surface area contributed by atoms with Crippen LogP contribution in [-0.2, 0) is 14.3 Å². The fourth-order valence-electron chi connectivity index (χ4n) is 6.46. The lowest BCUT2D eigenvalue weighted by molar-refractivity contribution is -0.302. The van der Waals surface area contributed by atoms with Crippen molar-refractivity contribution in [2.75, 3.05) is 13.2 Å². The van der Waals surface area contributed by atoms with Gasteiger partial charge in [-0.1, -0.05) is 162 Å². The van der Waals surface area contributed by atoms with Gasteiger partial charge in [0.2, 0.25) is 5.91 Å². The van der Waals surface area contributed by atoms with Crippen LogP contribution in [0.25, 0.3) is 0 Å². The predicted octanol–water partition coefficient (Wildman–Crippen LogP) is 5.80. The van der Waals surface area contributed by atoms with Crippen LogP contribution in [0.15, 0.2) is 0 Å². The molecule has 0 aromatic rings. The molecule has 1 amide bonds. The summed E-state index contributed by atoms with van der Waals surface area (Å²) in [7, 11) is 0. The molecule has 1 rings (SSSR count). The number of unbranched alkanes of at least 4 members (excludes halogenated alkanes) is 21. The zero-order valence-electron chi connectivity index (χ0n) is 30.6. The van der Waals surface area contributed by atoms with E-state index in [1.165, 1.54) is 103 Å². The minimum Gasteiger partial charge on any atom is -0.394 e. The topological polar surface area (TPSA) is 169 Å². The molecule has 10 heteroatoms. The fourth-order valence-corrected chi connectivity index (χ4v) is 6.46. The Balaban J connectivity index is 2.48. The molecule has 10 nitrogen and oxygen atoms in total. The van der Waals surface area contributed by atoms with Crippen molar-refractivity contribution >= 4 is 5.91 Å². The van der Waals surface area contributed by atoms with Crippen LogP contribution in [0.3, 0.4) is 0 Å². The van der Waals surface area contributed by atoms with Gasteiger partial charge in [-0.2, -0.15) is 0 Å². The van der Waals surface area contributed by atoms with Crippen LogP contribution >= 0.6 is 0 Å². The van der Waals surface area contributed by atoms with Gasteiger partial charge in [-0.3, -0.25) is 4.79 Å². The Hall–Kier alpha value is -0.850. The van der Waals surface area contributed by atoms with Crippen LogP contribution in [0.2, 0.25) is 0 Å². The Morgan fingerprint density at radius 3 is 1.48 bits per heavy atom. The number of hydrogen-bond acceptors (Lipinski definition) is 9. The molecule has 0 aromatic heterocycles. The highest BCUT2D eigenvalue weighted by Gasteiger charge is 2.44. The van der Waals surface area contributed by atoms with E-state index in [0.29, 0.717) is 12.8 Å². The standard InChI is InChI=1S/C38H75NO9/c1-3-5-7-9-11-13-15-17-18-20-22-24-26-31(41)30(29-47-38-36(45)35(44)34(43)33(28-40)48-38)39-37(46)32(42)27-25-23-21-19-16-14-12-10-8-6-4-2/h30-36,38,40-45H,3-29H2,1-2H3,(H,39,46). The summed E-state index contributed by atoms with van der Waals surface area (Å²) >= 11 is 0. The average molecular weight is 690 g/mol. The highest BCUT2D eigenvalue weighted by atomic mass is 16.7. The molecule has 0 bridgehead atoms. The lowest BCUT2D eigenvalue weighted by Gasteiger charge is -2.40. The minimum atomic E-state index is -1.59. The zero-order chi connectivity index (χ0) is 35.4. The average Bonchev–Trinajstić information content (AvgIpc) is 3.08. The monoisotopic (exact) mass is 690 g/mol. The molecule has 0 saturated carbocycles. The molecule has 0 aliphatic carbocycles. The van der Waals surface area contributed by atoms with E-state index in [-0.39, 0.29) is 6.61 Å². The van der Waals surface area contributed by atoms with Crippen LogP contribution < -0.4 is 5.32 Å². The SMILES string of the molecule is CCCCCCCCCCCCCCC(O)C(COC1OC(CO)C(O)C(O)C1O)NC(=O)C(O)CCCCCCCCCCCCC. The van der Waals surface area contributed by atoms with Gasteiger partial charge in [0.25, 0.3) is 0 Å². The van der Waals surface area contributed by atoms with Crippen molar-refractivity contribution in [2.45, 2.75) is 223 Å². The summed E-state index contributed by atoms with van der Waals surface area (Å²) in [4.78, 5) is 12.9. The smallest absolute Gasteiger partial charge is 0.249 e. The number of nitrogens with one attached hydrogen (secondary N) is 1. The second-order valence-electron chi connectivity index (χ2n) is 14.2. The number of aliphatic hydroxyl groups is 6. The molecule has 7 N–H and O–H groups in total. The molecule has 8 atom stereocenters. The summed E-state index contributed by atoms with van der Waals surface area (Å²) < 4.78 is 11.1. The molecular weight excluding hydrogens is 614 g/mol. The highest BCUT2D eigenvalue weighted by molar-refractivity contribution is 5.80. The van der Waals surface area contributed by atoms with Crippen LogP contribution in [0.1, 0.15) is 174 Å². The molecule has 1 heterocycles. The van der Waals surface area contributed by atoms with Crippen molar-refractivity contribution in [3.8, 4) is 0 Å². The van der Waals surface area contributed by atoms with Crippen LogP contribution in [0, 0.1) is 0 Å². The van der Waals surface area contributed by atoms with E-state index >= 15 is 0 Å². The molecule has 1 saturated heterocycles. The third-order valence-corrected chi connectivity index (χ3v) is 9.82. The van der Waals surface area contributed by atoms with Gasteiger partial charge in [0.15, 0.2) is 6.29 Å². The van der Waals surface area contributed by atoms with E-state index in [4.69, 9.17) is 9.47 Å². The maximum atomic E-state index is 12.9. The van der Waals surface area contributed by atoms with E-state index in [1.54, 1.807) is 0 Å². The molecule has 1 fully saturated rings.